The van der Waals surface area contributed by atoms with Crippen LogP contribution in [0.5, 0.6) is 0 Å². The molecule has 1 heterocycles. The van der Waals surface area contributed by atoms with Crippen LogP contribution < -0.4 is 0 Å². The number of nitrogens with zero attached hydrogens (tertiary/aromatic N) is 2. The van der Waals surface area contributed by atoms with Crippen LogP contribution in [0.25, 0.3) is 0 Å². The lowest BCUT2D eigenvalue weighted by Crippen LogP contribution is -2.02. The van der Waals surface area contributed by atoms with E-state index < -0.39 is 34.4 Å². The summed E-state index contributed by atoms with van der Waals surface area (Å²) >= 11 is 5.48. The van der Waals surface area contributed by atoms with Crippen molar-refractivity contribution in [3.05, 3.63) is 32.6 Å². The van der Waals surface area contributed by atoms with E-state index in [4.69, 9.17) is 16.7 Å². The summed E-state index contributed by atoms with van der Waals surface area (Å²) in [5, 5.41) is 18.7. The van der Waals surface area contributed by atoms with Gasteiger partial charge in [0.2, 0.25) is 0 Å². The summed E-state index contributed by atoms with van der Waals surface area (Å²) in [4.78, 5) is 12.6. The number of alkyl halides is 2. The van der Waals surface area contributed by atoms with Crippen molar-refractivity contribution < 1.29 is 18.8 Å². The van der Waals surface area contributed by atoms with E-state index in [0.29, 0.717) is 0 Å². The molecule has 0 aliphatic carbocycles. The molecular weight excluding hydrogens is 234 g/mol. The number of rotatable bonds is 3. The Labute approximate surface area is 87.5 Å². The quantitative estimate of drug-likeness (QED) is 0.646. The number of hydrogen-bond donors (Lipinski definition) is 1. The Morgan fingerprint density at radius 1 is 1.67 bits per heavy atom. The summed E-state index contributed by atoms with van der Waals surface area (Å²) in [6.07, 6.45) is -2.20. The van der Waals surface area contributed by atoms with Crippen LogP contribution in [-0.4, -0.2) is 15.0 Å². The molecule has 1 rings (SSSR count). The van der Waals surface area contributed by atoms with Gasteiger partial charge >= 0.3 is 5.69 Å². The van der Waals surface area contributed by atoms with E-state index in [1.807, 2.05) is 0 Å². The van der Waals surface area contributed by atoms with Crippen molar-refractivity contribution in [3.8, 4) is 0 Å². The van der Waals surface area contributed by atoms with Crippen LogP contribution in [0.15, 0.2) is 6.20 Å². The fourth-order valence-corrected chi connectivity index (χ4v) is 1.25. The smallest absolute Gasteiger partial charge is 0.315 e. The number of halogens is 3. The minimum Gasteiger partial charge on any atom is -0.392 e. The van der Waals surface area contributed by atoms with Gasteiger partial charge in [0.1, 0.15) is 5.02 Å². The molecule has 0 amide bonds. The lowest BCUT2D eigenvalue weighted by Gasteiger charge is -2.05. The topological polar surface area (TPSA) is 76.3 Å². The maximum absolute atomic E-state index is 12.3. The Hall–Kier alpha value is -1.34. The third-order valence-electron chi connectivity index (χ3n) is 1.65. The Bertz CT molecular complexity index is 400. The van der Waals surface area contributed by atoms with Gasteiger partial charge in [0.25, 0.3) is 6.43 Å². The molecule has 0 aliphatic rings. The van der Waals surface area contributed by atoms with Gasteiger partial charge in [-0.2, -0.15) is 0 Å². The average molecular weight is 239 g/mol. The number of aliphatic hydroxyl groups is 1. The molecule has 8 heteroatoms. The van der Waals surface area contributed by atoms with Gasteiger partial charge in [0.15, 0.2) is 5.69 Å². The number of pyridine rings is 1. The van der Waals surface area contributed by atoms with E-state index in [0.717, 1.165) is 6.20 Å². The summed E-state index contributed by atoms with van der Waals surface area (Å²) in [7, 11) is 0. The predicted molar refractivity (Wildman–Crippen MR) is 46.8 cm³/mol. The molecule has 0 radical (unpaired) electrons. The summed E-state index contributed by atoms with van der Waals surface area (Å²) in [5.41, 5.74) is -2.02. The van der Waals surface area contributed by atoms with E-state index in [-0.39, 0.29) is 5.56 Å². The van der Waals surface area contributed by atoms with Gasteiger partial charge in [-0.25, -0.2) is 13.8 Å². The van der Waals surface area contributed by atoms with Crippen molar-refractivity contribution in [2.24, 2.45) is 0 Å². The Kier molecular flexibility index (Phi) is 3.48. The fourth-order valence-electron chi connectivity index (χ4n) is 0.973. The number of hydrogen-bond acceptors (Lipinski definition) is 4. The van der Waals surface area contributed by atoms with Gasteiger partial charge in [0.05, 0.1) is 11.5 Å². The van der Waals surface area contributed by atoms with Crippen molar-refractivity contribution in [2.45, 2.75) is 13.0 Å². The molecule has 0 atom stereocenters. The van der Waals surface area contributed by atoms with Crippen LogP contribution in [-0.2, 0) is 6.61 Å². The van der Waals surface area contributed by atoms with Crippen molar-refractivity contribution in [1.82, 2.24) is 4.98 Å². The molecule has 1 aromatic heterocycles. The standard InChI is InChI=1S/C7H5ClF2N2O3/c8-4-3(2-13)1-11-5(7(9)10)6(4)12(14)15/h1,7,13H,2H2. The highest BCUT2D eigenvalue weighted by Gasteiger charge is 2.28. The largest absolute Gasteiger partial charge is 0.392 e. The molecule has 5 nitrogen and oxygen atoms in total. The van der Waals surface area contributed by atoms with Gasteiger partial charge in [-0.05, 0) is 0 Å². The second kappa shape index (κ2) is 4.45. The maximum atomic E-state index is 12.3. The highest BCUT2D eigenvalue weighted by atomic mass is 35.5. The van der Waals surface area contributed by atoms with E-state index >= 15 is 0 Å². The van der Waals surface area contributed by atoms with Crippen molar-refractivity contribution >= 4 is 17.3 Å². The van der Waals surface area contributed by atoms with Gasteiger partial charge in [-0.3, -0.25) is 10.1 Å². The zero-order chi connectivity index (χ0) is 11.6. The summed E-state index contributed by atoms with van der Waals surface area (Å²) in [6, 6.07) is 0. The van der Waals surface area contributed by atoms with E-state index in [1.54, 1.807) is 0 Å². The fraction of sp³-hybridized carbons (Fsp3) is 0.286. The second-order valence-electron chi connectivity index (χ2n) is 2.55. The van der Waals surface area contributed by atoms with Crippen LogP contribution in [0.2, 0.25) is 5.02 Å². The summed E-state index contributed by atoms with van der Waals surface area (Å²) in [5.74, 6) is 0. The summed E-state index contributed by atoms with van der Waals surface area (Å²) in [6.45, 7) is -0.601. The molecule has 1 aromatic rings. The monoisotopic (exact) mass is 238 g/mol. The molecule has 0 spiro atoms. The minimum atomic E-state index is -3.09. The van der Waals surface area contributed by atoms with Crippen molar-refractivity contribution in [2.75, 3.05) is 0 Å². The van der Waals surface area contributed by atoms with E-state index in [9.17, 15) is 18.9 Å². The molecular formula is C7H5ClF2N2O3. The lowest BCUT2D eigenvalue weighted by atomic mass is 10.2. The Morgan fingerprint density at radius 3 is 2.67 bits per heavy atom. The number of aromatic nitrogens is 1. The molecule has 0 saturated heterocycles. The molecule has 0 fully saturated rings. The first-order chi connectivity index (χ1) is 6.99. The van der Waals surface area contributed by atoms with Crippen LogP contribution >= 0.6 is 11.6 Å². The van der Waals surface area contributed by atoms with Crippen LogP contribution in [0.1, 0.15) is 17.7 Å². The van der Waals surface area contributed by atoms with Gasteiger partial charge in [-0.15, -0.1) is 0 Å². The SMILES string of the molecule is O=[N+]([O-])c1c(C(F)F)ncc(CO)c1Cl. The first-order valence-corrected chi connectivity index (χ1v) is 4.07. The molecule has 0 aromatic carbocycles. The van der Waals surface area contributed by atoms with Crippen molar-refractivity contribution in [1.29, 1.82) is 0 Å². The zero-order valence-electron chi connectivity index (χ0n) is 7.15. The highest BCUT2D eigenvalue weighted by Crippen LogP contribution is 2.35. The second-order valence-corrected chi connectivity index (χ2v) is 2.93. The van der Waals surface area contributed by atoms with Crippen LogP contribution in [0.4, 0.5) is 14.5 Å². The summed E-state index contributed by atoms with van der Waals surface area (Å²) < 4.78 is 24.6. The van der Waals surface area contributed by atoms with Crippen LogP contribution in [0.3, 0.4) is 0 Å². The zero-order valence-corrected chi connectivity index (χ0v) is 7.91. The maximum Gasteiger partial charge on any atom is 0.315 e. The highest BCUT2D eigenvalue weighted by molar-refractivity contribution is 6.33. The molecule has 82 valence electrons. The van der Waals surface area contributed by atoms with Gasteiger partial charge in [0, 0.05) is 11.8 Å². The number of aliphatic hydroxyl groups excluding tert-OH is 1. The third-order valence-corrected chi connectivity index (χ3v) is 2.07. The molecule has 0 aliphatic heterocycles. The van der Waals surface area contributed by atoms with Crippen LogP contribution in [0, 0.1) is 10.1 Å². The minimum absolute atomic E-state index is 0.0623. The molecule has 15 heavy (non-hydrogen) atoms. The molecule has 0 unspecified atom stereocenters. The van der Waals surface area contributed by atoms with Gasteiger partial charge in [-0.1, -0.05) is 11.6 Å². The van der Waals surface area contributed by atoms with E-state index in [1.165, 1.54) is 0 Å². The predicted octanol–water partition coefficient (Wildman–Crippen LogP) is 2.07. The van der Waals surface area contributed by atoms with Crippen molar-refractivity contribution in [3.63, 3.8) is 0 Å². The number of nitro groups is 1. The first kappa shape index (κ1) is 11.7. The Morgan fingerprint density at radius 2 is 2.27 bits per heavy atom. The normalized spacial score (nSPS) is 10.7. The Balaban J connectivity index is 3.44. The first-order valence-electron chi connectivity index (χ1n) is 3.69. The molecule has 1 N–H and O–H groups in total. The molecule has 0 bridgehead atoms. The average Bonchev–Trinajstić information content (AvgIpc) is 2.16. The van der Waals surface area contributed by atoms with Gasteiger partial charge < -0.3 is 5.11 Å². The van der Waals surface area contributed by atoms with E-state index in [2.05, 4.69) is 4.98 Å². The third kappa shape index (κ3) is 2.18. The molecule has 0 saturated carbocycles. The lowest BCUT2D eigenvalue weighted by molar-refractivity contribution is -0.386.